The molecule has 0 bridgehead atoms. The Kier molecular flexibility index (Phi) is 4.71. The van der Waals surface area contributed by atoms with E-state index in [9.17, 15) is 0 Å². The zero-order valence-corrected chi connectivity index (χ0v) is 13.6. The van der Waals surface area contributed by atoms with Crippen LogP contribution in [0.15, 0.2) is 24.3 Å². The average Bonchev–Trinajstić information content (AvgIpc) is 2.46. The van der Waals surface area contributed by atoms with Gasteiger partial charge in [0, 0.05) is 43.4 Å². The van der Waals surface area contributed by atoms with E-state index in [4.69, 9.17) is 0 Å². The van der Waals surface area contributed by atoms with Crippen LogP contribution in [-0.4, -0.2) is 43.7 Å². The molecule has 1 fully saturated rings. The van der Waals surface area contributed by atoms with Crippen molar-refractivity contribution in [2.75, 3.05) is 38.1 Å². The number of rotatable bonds is 3. The molecule has 1 unspecified atom stereocenters. The van der Waals surface area contributed by atoms with E-state index in [1.807, 2.05) is 7.05 Å². The fourth-order valence-electron chi connectivity index (χ4n) is 2.78. The molecule has 1 N–H and O–H groups in total. The number of nitrogens with one attached hydrogen (secondary N) is 1. The van der Waals surface area contributed by atoms with Crippen LogP contribution in [0.5, 0.6) is 0 Å². The Balaban J connectivity index is 1.97. The van der Waals surface area contributed by atoms with Crippen molar-refractivity contribution in [3.63, 3.8) is 0 Å². The van der Waals surface area contributed by atoms with Gasteiger partial charge in [-0.1, -0.05) is 12.1 Å². The van der Waals surface area contributed by atoms with Gasteiger partial charge in [-0.05, 0) is 52.4 Å². The van der Waals surface area contributed by atoms with E-state index in [0.717, 1.165) is 26.2 Å². The van der Waals surface area contributed by atoms with Crippen LogP contribution in [0.25, 0.3) is 0 Å². The summed E-state index contributed by atoms with van der Waals surface area (Å²) >= 11 is 0. The third-order valence-corrected chi connectivity index (χ3v) is 4.42. The molecule has 0 radical (unpaired) electrons. The molecule has 0 aliphatic carbocycles. The van der Waals surface area contributed by atoms with E-state index in [0.29, 0.717) is 6.04 Å². The summed E-state index contributed by atoms with van der Waals surface area (Å²) in [7, 11) is 2.00. The topological polar surface area (TPSA) is 18.5 Å². The third kappa shape index (κ3) is 3.53. The van der Waals surface area contributed by atoms with E-state index in [1.54, 1.807) is 0 Å². The van der Waals surface area contributed by atoms with Gasteiger partial charge in [-0.2, -0.15) is 0 Å². The molecule has 112 valence electrons. The Labute approximate surface area is 124 Å². The van der Waals surface area contributed by atoms with Crippen LogP contribution in [0.1, 0.15) is 39.3 Å². The van der Waals surface area contributed by atoms with Crippen molar-refractivity contribution < 1.29 is 0 Å². The van der Waals surface area contributed by atoms with Gasteiger partial charge in [-0.3, -0.25) is 4.90 Å². The van der Waals surface area contributed by atoms with Crippen molar-refractivity contribution in [1.82, 2.24) is 10.2 Å². The summed E-state index contributed by atoms with van der Waals surface area (Å²) in [6.07, 6.45) is 0. The van der Waals surface area contributed by atoms with Gasteiger partial charge >= 0.3 is 0 Å². The Morgan fingerprint density at radius 1 is 1.00 bits per heavy atom. The minimum atomic E-state index is 0.290. The quantitative estimate of drug-likeness (QED) is 0.915. The van der Waals surface area contributed by atoms with Crippen LogP contribution in [0.3, 0.4) is 0 Å². The lowest BCUT2D eigenvalue weighted by atomic mass is 10.0. The van der Waals surface area contributed by atoms with Crippen molar-refractivity contribution in [3.8, 4) is 0 Å². The Morgan fingerprint density at radius 2 is 1.55 bits per heavy atom. The number of benzene rings is 1. The molecule has 1 aliphatic heterocycles. The average molecular weight is 275 g/mol. The van der Waals surface area contributed by atoms with E-state index >= 15 is 0 Å². The molecule has 1 heterocycles. The van der Waals surface area contributed by atoms with Crippen molar-refractivity contribution in [2.45, 2.75) is 39.3 Å². The summed E-state index contributed by atoms with van der Waals surface area (Å²) in [5.74, 6) is 0. The highest BCUT2D eigenvalue weighted by Crippen LogP contribution is 2.22. The monoisotopic (exact) mass is 275 g/mol. The number of nitrogens with zero attached hydrogens (tertiary/aromatic N) is 2. The van der Waals surface area contributed by atoms with Gasteiger partial charge in [0.05, 0.1) is 0 Å². The second-order valence-electron chi connectivity index (χ2n) is 6.75. The van der Waals surface area contributed by atoms with Crippen LogP contribution in [0.2, 0.25) is 0 Å². The summed E-state index contributed by atoms with van der Waals surface area (Å²) < 4.78 is 0. The van der Waals surface area contributed by atoms with Crippen molar-refractivity contribution in [3.05, 3.63) is 29.8 Å². The summed E-state index contributed by atoms with van der Waals surface area (Å²) in [6, 6.07) is 9.42. The van der Waals surface area contributed by atoms with Gasteiger partial charge in [-0.15, -0.1) is 0 Å². The molecule has 0 amide bonds. The van der Waals surface area contributed by atoms with Crippen molar-refractivity contribution in [1.29, 1.82) is 0 Å². The van der Waals surface area contributed by atoms with Gasteiger partial charge in [0.2, 0.25) is 0 Å². The summed E-state index contributed by atoms with van der Waals surface area (Å²) in [6.45, 7) is 13.6. The third-order valence-electron chi connectivity index (χ3n) is 4.42. The number of anilines is 1. The molecule has 0 aromatic heterocycles. The summed E-state index contributed by atoms with van der Waals surface area (Å²) in [5.41, 5.74) is 2.99. The lowest BCUT2D eigenvalue weighted by Gasteiger charge is -2.43. The van der Waals surface area contributed by atoms with E-state index < -0.39 is 0 Å². The Morgan fingerprint density at radius 3 is 2.00 bits per heavy atom. The highest BCUT2D eigenvalue weighted by molar-refractivity contribution is 5.48. The number of piperazine rings is 1. The van der Waals surface area contributed by atoms with E-state index in [-0.39, 0.29) is 5.54 Å². The van der Waals surface area contributed by atoms with Gasteiger partial charge in [-0.25, -0.2) is 0 Å². The van der Waals surface area contributed by atoms with Crippen LogP contribution < -0.4 is 10.2 Å². The molecule has 0 spiro atoms. The zero-order chi connectivity index (χ0) is 14.8. The predicted molar refractivity (Wildman–Crippen MR) is 87.5 cm³/mol. The van der Waals surface area contributed by atoms with Crippen LogP contribution in [-0.2, 0) is 0 Å². The summed E-state index contributed by atoms with van der Waals surface area (Å²) in [4.78, 5) is 5.07. The molecule has 1 aromatic rings. The van der Waals surface area contributed by atoms with Crippen molar-refractivity contribution in [2.24, 2.45) is 0 Å². The smallest absolute Gasteiger partial charge is 0.0367 e. The molecule has 1 aliphatic rings. The van der Waals surface area contributed by atoms with Gasteiger partial charge in [0.25, 0.3) is 0 Å². The lowest BCUT2D eigenvalue weighted by Crippen LogP contribution is -2.53. The van der Waals surface area contributed by atoms with E-state index in [2.05, 4.69) is 67.1 Å². The second-order valence-corrected chi connectivity index (χ2v) is 6.75. The zero-order valence-electron chi connectivity index (χ0n) is 13.6. The second kappa shape index (κ2) is 6.15. The highest BCUT2D eigenvalue weighted by Gasteiger charge is 2.25. The SMILES string of the molecule is CNC(C)c1ccc(N2CCN(C(C)(C)C)CC2)cc1. The molecule has 20 heavy (non-hydrogen) atoms. The van der Waals surface area contributed by atoms with Gasteiger partial charge in [0.1, 0.15) is 0 Å². The van der Waals surface area contributed by atoms with Crippen LogP contribution >= 0.6 is 0 Å². The fourth-order valence-corrected chi connectivity index (χ4v) is 2.78. The fraction of sp³-hybridized carbons (Fsp3) is 0.647. The van der Waals surface area contributed by atoms with Gasteiger partial charge < -0.3 is 10.2 Å². The highest BCUT2D eigenvalue weighted by atomic mass is 15.3. The first-order chi connectivity index (χ1) is 9.41. The molecule has 1 saturated heterocycles. The minimum absolute atomic E-state index is 0.290. The standard InChI is InChI=1S/C17H29N3/c1-14(18-5)15-6-8-16(9-7-15)19-10-12-20(13-11-19)17(2,3)4/h6-9,14,18H,10-13H2,1-5H3. The van der Waals surface area contributed by atoms with Crippen LogP contribution in [0.4, 0.5) is 5.69 Å². The number of hydrogen-bond donors (Lipinski definition) is 1. The number of hydrogen-bond acceptors (Lipinski definition) is 3. The van der Waals surface area contributed by atoms with Gasteiger partial charge in [0.15, 0.2) is 0 Å². The maximum atomic E-state index is 3.28. The maximum Gasteiger partial charge on any atom is 0.0367 e. The molecule has 1 atom stereocenters. The molecular weight excluding hydrogens is 246 g/mol. The molecule has 3 heteroatoms. The minimum Gasteiger partial charge on any atom is -0.369 e. The largest absolute Gasteiger partial charge is 0.369 e. The van der Waals surface area contributed by atoms with E-state index in [1.165, 1.54) is 11.3 Å². The first-order valence-corrected chi connectivity index (χ1v) is 7.69. The first kappa shape index (κ1) is 15.3. The Bertz CT molecular complexity index is 411. The first-order valence-electron chi connectivity index (χ1n) is 7.69. The van der Waals surface area contributed by atoms with Crippen LogP contribution in [0, 0.1) is 0 Å². The normalized spacial score (nSPS) is 19.1. The molecule has 0 saturated carbocycles. The maximum absolute atomic E-state index is 3.28. The van der Waals surface area contributed by atoms with Crippen molar-refractivity contribution >= 4 is 5.69 Å². The molecule has 1 aromatic carbocycles. The predicted octanol–water partition coefficient (Wildman–Crippen LogP) is 2.89. The molecular formula is C17H29N3. The molecule has 2 rings (SSSR count). The molecule has 3 nitrogen and oxygen atoms in total. The summed E-state index contributed by atoms with van der Waals surface area (Å²) in [5, 5.41) is 3.28. The Hall–Kier alpha value is -1.06. The lowest BCUT2D eigenvalue weighted by molar-refractivity contribution is 0.128.